The lowest BCUT2D eigenvalue weighted by atomic mass is 9.71. The van der Waals surface area contributed by atoms with Crippen molar-refractivity contribution in [2.45, 2.75) is 19.3 Å². The van der Waals surface area contributed by atoms with Gasteiger partial charge in [0, 0.05) is 11.5 Å². The molecule has 1 aliphatic rings. The molecule has 2 rings (SSSR count). The van der Waals surface area contributed by atoms with E-state index in [-0.39, 0.29) is 11.0 Å². The van der Waals surface area contributed by atoms with Crippen molar-refractivity contribution in [3.05, 3.63) is 29.6 Å². The van der Waals surface area contributed by atoms with Crippen LogP contribution in [0.3, 0.4) is 0 Å². The van der Waals surface area contributed by atoms with Crippen LogP contribution in [0.1, 0.15) is 24.8 Å². The summed E-state index contributed by atoms with van der Waals surface area (Å²) >= 11 is 4.33. The molecule has 0 bridgehead atoms. The van der Waals surface area contributed by atoms with Gasteiger partial charge in [0.1, 0.15) is 17.6 Å². The van der Waals surface area contributed by atoms with Gasteiger partial charge in [-0.3, -0.25) is 0 Å². The highest BCUT2D eigenvalue weighted by molar-refractivity contribution is 7.80. The standard InChI is InChI=1S/C13H14FNOS/c14-12-6-11(3-2-10(12)7-15)16-8-13(9-17)4-1-5-13/h2-3,6,17H,1,4-5,8-9H2. The zero-order valence-corrected chi connectivity index (χ0v) is 10.3. The van der Waals surface area contributed by atoms with Crippen molar-refractivity contribution >= 4 is 12.6 Å². The molecule has 0 spiro atoms. The number of nitrogens with zero attached hydrogens (tertiary/aromatic N) is 1. The summed E-state index contributed by atoms with van der Waals surface area (Å²) in [5.41, 5.74) is 0.206. The maximum atomic E-state index is 13.3. The van der Waals surface area contributed by atoms with E-state index in [1.165, 1.54) is 18.6 Å². The molecule has 0 heterocycles. The van der Waals surface area contributed by atoms with Crippen molar-refractivity contribution in [3.63, 3.8) is 0 Å². The van der Waals surface area contributed by atoms with Crippen LogP contribution in [-0.4, -0.2) is 12.4 Å². The molecule has 17 heavy (non-hydrogen) atoms. The molecule has 2 nitrogen and oxygen atoms in total. The van der Waals surface area contributed by atoms with Gasteiger partial charge in [-0.2, -0.15) is 17.9 Å². The molecule has 0 unspecified atom stereocenters. The van der Waals surface area contributed by atoms with E-state index in [9.17, 15) is 4.39 Å². The molecule has 1 saturated carbocycles. The van der Waals surface area contributed by atoms with Gasteiger partial charge in [-0.25, -0.2) is 4.39 Å². The first-order valence-corrected chi connectivity index (χ1v) is 6.26. The summed E-state index contributed by atoms with van der Waals surface area (Å²) in [6.07, 6.45) is 3.45. The first-order chi connectivity index (χ1) is 8.19. The van der Waals surface area contributed by atoms with Gasteiger partial charge in [-0.05, 0) is 30.7 Å². The molecule has 0 atom stereocenters. The lowest BCUT2D eigenvalue weighted by Crippen LogP contribution is -2.37. The average molecular weight is 251 g/mol. The van der Waals surface area contributed by atoms with E-state index < -0.39 is 5.82 Å². The Labute approximate surface area is 106 Å². The Balaban J connectivity index is 2.00. The van der Waals surface area contributed by atoms with Crippen molar-refractivity contribution in [2.24, 2.45) is 5.41 Å². The monoisotopic (exact) mass is 251 g/mol. The highest BCUT2D eigenvalue weighted by Crippen LogP contribution is 2.42. The van der Waals surface area contributed by atoms with Crippen molar-refractivity contribution in [2.75, 3.05) is 12.4 Å². The van der Waals surface area contributed by atoms with E-state index in [1.807, 2.05) is 0 Å². The number of halogens is 1. The molecule has 0 saturated heterocycles. The second-order valence-electron chi connectivity index (χ2n) is 4.55. The maximum absolute atomic E-state index is 13.3. The van der Waals surface area contributed by atoms with Crippen molar-refractivity contribution in [1.82, 2.24) is 0 Å². The van der Waals surface area contributed by atoms with Gasteiger partial charge in [-0.1, -0.05) is 6.42 Å². The summed E-state index contributed by atoms with van der Waals surface area (Å²) in [5, 5.41) is 8.61. The van der Waals surface area contributed by atoms with E-state index >= 15 is 0 Å². The van der Waals surface area contributed by atoms with Crippen LogP contribution in [0.5, 0.6) is 5.75 Å². The Kier molecular flexibility index (Phi) is 3.58. The van der Waals surface area contributed by atoms with Crippen LogP contribution in [0.4, 0.5) is 4.39 Å². The molecule has 0 radical (unpaired) electrons. The number of benzene rings is 1. The summed E-state index contributed by atoms with van der Waals surface area (Å²) in [7, 11) is 0. The third-order valence-electron chi connectivity index (χ3n) is 3.36. The molecule has 1 aliphatic carbocycles. The van der Waals surface area contributed by atoms with Crippen LogP contribution in [0.25, 0.3) is 0 Å². The van der Waals surface area contributed by atoms with E-state index in [2.05, 4.69) is 12.6 Å². The SMILES string of the molecule is N#Cc1ccc(OCC2(CS)CCC2)cc1F. The average Bonchev–Trinajstić information content (AvgIpc) is 2.28. The quantitative estimate of drug-likeness (QED) is 0.834. The Morgan fingerprint density at radius 3 is 2.71 bits per heavy atom. The van der Waals surface area contributed by atoms with Crippen LogP contribution in [0, 0.1) is 22.6 Å². The molecule has 1 aromatic carbocycles. The van der Waals surface area contributed by atoms with E-state index in [0.29, 0.717) is 12.4 Å². The minimum Gasteiger partial charge on any atom is -0.493 e. The fourth-order valence-electron chi connectivity index (χ4n) is 1.94. The smallest absolute Gasteiger partial charge is 0.144 e. The minimum absolute atomic E-state index is 0.0462. The molecular weight excluding hydrogens is 237 g/mol. The summed E-state index contributed by atoms with van der Waals surface area (Å²) in [6.45, 7) is 0.571. The fourth-order valence-corrected chi connectivity index (χ4v) is 2.35. The van der Waals surface area contributed by atoms with Crippen LogP contribution >= 0.6 is 12.6 Å². The van der Waals surface area contributed by atoms with Gasteiger partial charge >= 0.3 is 0 Å². The second kappa shape index (κ2) is 4.97. The molecule has 4 heteroatoms. The van der Waals surface area contributed by atoms with E-state index in [1.54, 1.807) is 12.1 Å². The van der Waals surface area contributed by atoms with Crippen LogP contribution in [-0.2, 0) is 0 Å². The van der Waals surface area contributed by atoms with E-state index in [4.69, 9.17) is 10.00 Å². The summed E-state index contributed by atoms with van der Waals surface area (Å²) in [4.78, 5) is 0. The molecule has 0 amide bonds. The highest BCUT2D eigenvalue weighted by Gasteiger charge is 2.36. The van der Waals surface area contributed by atoms with Crippen LogP contribution in [0.2, 0.25) is 0 Å². The molecule has 1 fully saturated rings. The number of hydrogen-bond acceptors (Lipinski definition) is 3. The number of rotatable bonds is 4. The van der Waals surface area contributed by atoms with Crippen LogP contribution < -0.4 is 4.74 Å². The number of nitriles is 1. The molecular formula is C13H14FNOS. The van der Waals surface area contributed by atoms with Gasteiger partial charge in [0.2, 0.25) is 0 Å². The Morgan fingerprint density at radius 2 is 2.24 bits per heavy atom. The van der Waals surface area contributed by atoms with Gasteiger partial charge in [0.15, 0.2) is 0 Å². The topological polar surface area (TPSA) is 33.0 Å². The molecule has 0 aliphatic heterocycles. The lowest BCUT2D eigenvalue weighted by Gasteiger charge is -2.40. The predicted octanol–water partition coefficient (Wildman–Crippen LogP) is 3.18. The number of thiol groups is 1. The highest BCUT2D eigenvalue weighted by atomic mass is 32.1. The zero-order valence-electron chi connectivity index (χ0n) is 9.45. The van der Waals surface area contributed by atoms with Gasteiger partial charge in [-0.15, -0.1) is 0 Å². The maximum Gasteiger partial charge on any atom is 0.144 e. The summed E-state index contributed by atoms with van der Waals surface area (Å²) in [5.74, 6) is 0.749. The van der Waals surface area contributed by atoms with E-state index in [0.717, 1.165) is 18.6 Å². The normalized spacial score (nSPS) is 17.0. The van der Waals surface area contributed by atoms with Gasteiger partial charge in [0.05, 0.1) is 12.2 Å². The first kappa shape index (κ1) is 12.3. The lowest BCUT2D eigenvalue weighted by molar-refractivity contribution is 0.0827. The van der Waals surface area contributed by atoms with Crippen molar-refractivity contribution in [1.29, 1.82) is 5.26 Å². The first-order valence-electron chi connectivity index (χ1n) is 5.62. The minimum atomic E-state index is -0.529. The van der Waals surface area contributed by atoms with Gasteiger partial charge < -0.3 is 4.74 Å². The summed E-state index contributed by atoms with van der Waals surface area (Å²) in [6, 6.07) is 6.13. The predicted molar refractivity (Wildman–Crippen MR) is 66.7 cm³/mol. The third-order valence-corrected chi connectivity index (χ3v) is 4.03. The molecule has 0 N–H and O–H groups in total. The number of ether oxygens (including phenoxy) is 1. The van der Waals surface area contributed by atoms with Crippen molar-refractivity contribution in [3.8, 4) is 11.8 Å². The Morgan fingerprint density at radius 1 is 1.47 bits per heavy atom. The van der Waals surface area contributed by atoms with Crippen molar-refractivity contribution < 1.29 is 9.13 Å². The zero-order chi connectivity index (χ0) is 12.3. The largest absolute Gasteiger partial charge is 0.493 e. The Hall–Kier alpha value is -1.21. The van der Waals surface area contributed by atoms with Gasteiger partial charge in [0.25, 0.3) is 0 Å². The molecule has 0 aromatic heterocycles. The molecule has 1 aromatic rings. The number of hydrogen-bond donors (Lipinski definition) is 1. The third kappa shape index (κ3) is 2.55. The van der Waals surface area contributed by atoms with Crippen LogP contribution in [0.15, 0.2) is 18.2 Å². The fraction of sp³-hybridized carbons (Fsp3) is 0.462. The Bertz CT molecular complexity index is 446. The summed E-state index contributed by atoms with van der Waals surface area (Å²) < 4.78 is 18.9. The molecule has 90 valence electrons. The second-order valence-corrected chi connectivity index (χ2v) is 4.87.